The van der Waals surface area contributed by atoms with Gasteiger partial charge in [-0.25, -0.2) is 4.79 Å². The quantitative estimate of drug-likeness (QED) is 0.626. The van der Waals surface area contributed by atoms with Crippen molar-refractivity contribution in [2.75, 3.05) is 0 Å². The number of aromatic amines is 2. The molecule has 1 heterocycles. The van der Waals surface area contributed by atoms with Gasteiger partial charge < -0.3 is 4.98 Å². The van der Waals surface area contributed by atoms with E-state index in [0.29, 0.717) is 5.56 Å². The number of H-pyrrole nitrogens is 2. The summed E-state index contributed by atoms with van der Waals surface area (Å²) in [7, 11) is 0. The molecule has 1 aromatic rings. The van der Waals surface area contributed by atoms with Crippen molar-refractivity contribution in [3.05, 3.63) is 32.6 Å². The minimum atomic E-state index is -0.467. The fourth-order valence-corrected chi connectivity index (χ4v) is 0.477. The Morgan fingerprint density at radius 3 is 2.40 bits per heavy atom. The monoisotopic (exact) mass is 206 g/mol. The molecular weight excluding hydrogens is 200 g/mol. The molecule has 0 saturated carbocycles. The molecule has 10 heavy (non-hydrogen) atoms. The van der Waals surface area contributed by atoms with Crippen molar-refractivity contribution >= 4 is 17.0 Å². The SMILES string of the molecule is Br.Cc1c[nH]c(=O)[nH]c1=O. The summed E-state index contributed by atoms with van der Waals surface area (Å²) in [5.41, 5.74) is -0.293. The van der Waals surface area contributed by atoms with Crippen LogP contribution in [0.2, 0.25) is 0 Å². The number of aromatic nitrogens is 2. The summed E-state index contributed by atoms with van der Waals surface area (Å²) in [5, 5.41) is 0. The lowest BCUT2D eigenvalue weighted by Gasteiger charge is -1.84. The van der Waals surface area contributed by atoms with E-state index in [4.69, 9.17) is 0 Å². The van der Waals surface area contributed by atoms with E-state index in [2.05, 4.69) is 9.97 Å². The second-order valence-corrected chi connectivity index (χ2v) is 1.75. The molecule has 0 radical (unpaired) electrons. The first-order chi connectivity index (χ1) is 4.20. The molecule has 4 nitrogen and oxygen atoms in total. The maximum Gasteiger partial charge on any atom is 0.325 e. The number of aryl methyl sites for hydroxylation is 1. The van der Waals surface area contributed by atoms with Gasteiger partial charge in [-0.2, -0.15) is 0 Å². The Labute approximate surface area is 67.1 Å². The summed E-state index contributed by atoms with van der Waals surface area (Å²) < 4.78 is 0. The van der Waals surface area contributed by atoms with Crippen LogP contribution >= 0.6 is 17.0 Å². The van der Waals surface area contributed by atoms with E-state index in [-0.39, 0.29) is 22.5 Å². The van der Waals surface area contributed by atoms with Crippen LogP contribution in [0.15, 0.2) is 15.8 Å². The van der Waals surface area contributed by atoms with Crippen molar-refractivity contribution in [2.45, 2.75) is 6.92 Å². The first-order valence-electron chi connectivity index (χ1n) is 2.49. The Bertz CT molecular complexity index is 314. The van der Waals surface area contributed by atoms with E-state index >= 15 is 0 Å². The van der Waals surface area contributed by atoms with E-state index in [1.807, 2.05) is 0 Å². The molecule has 2 N–H and O–H groups in total. The molecule has 0 atom stereocenters. The van der Waals surface area contributed by atoms with Crippen molar-refractivity contribution in [3.8, 4) is 0 Å². The molecule has 0 aliphatic heterocycles. The highest BCUT2D eigenvalue weighted by molar-refractivity contribution is 8.93. The number of hydrogen-bond acceptors (Lipinski definition) is 2. The lowest BCUT2D eigenvalue weighted by Crippen LogP contribution is -2.22. The lowest BCUT2D eigenvalue weighted by molar-refractivity contribution is 1.01. The van der Waals surface area contributed by atoms with Gasteiger partial charge in [0.1, 0.15) is 0 Å². The maximum atomic E-state index is 10.6. The summed E-state index contributed by atoms with van der Waals surface area (Å²) in [6, 6.07) is 0. The van der Waals surface area contributed by atoms with Gasteiger partial charge in [-0.3, -0.25) is 9.78 Å². The number of hydrogen-bond donors (Lipinski definition) is 2. The Morgan fingerprint density at radius 2 is 2.00 bits per heavy atom. The van der Waals surface area contributed by atoms with E-state index in [0.717, 1.165) is 0 Å². The van der Waals surface area contributed by atoms with Crippen LogP contribution in [0.3, 0.4) is 0 Å². The van der Waals surface area contributed by atoms with E-state index < -0.39 is 5.69 Å². The molecule has 0 aromatic carbocycles. The fourth-order valence-electron chi connectivity index (χ4n) is 0.477. The van der Waals surface area contributed by atoms with Crippen LogP contribution in [0.5, 0.6) is 0 Å². The first kappa shape index (κ1) is 9.16. The van der Waals surface area contributed by atoms with Gasteiger partial charge in [0.05, 0.1) is 0 Å². The van der Waals surface area contributed by atoms with Crippen LogP contribution in [-0.2, 0) is 0 Å². The highest BCUT2D eigenvalue weighted by Crippen LogP contribution is 1.73. The molecule has 0 unspecified atom stereocenters. The highest BCUT2D eigenvalue weighted by Gasteiger charge is 1.88. The Hall–Kier alpha value is -0.840. The topological polar surface area (TPSA) is 65.7 Å². The Morgan fingerprint density at radius 1 is 1.40 bits per heavy atom. The minimum Gasteiger partial charge on any atom is -0.314 e. The third-order valence-corrected chi connectivity index (χ3v) is 1.00. The standard InChI is InChI=1S/C5H6N2O2.BrH/c1-3-2-6-5(9)7-4(3)8;/h2H,1H3,(H2,6,7,8,9);1H. The molecule has 1 aromatic heterocycles. The van der Waals surface area contributed by atoms with Gasteiger partial charge in [-0.05, 0) is 6.92 Å². The Kier molecular flexibility index (Phi) is 3.08. The third-order valence-electron chi connectivity index (χ3n) is 1.00. The van der Waals surface area contributed by atoms with Gasteiger partial charge in [0, 0.05) is 11.8 Å². The van der Waals surface area contributed by atoms with Crippen LogP contribution < -0.4 is 11.2 Å². The van der Waals surface area contributed by atoms with E-state index in [1.54, 1.807) is 6.92 Å². The van der Waals surface area contributed by atoms with Gasteiger partial charge in [0.25, 0.3) is 5.56 Å². The summed E-state index contributed by atoms with van der Waals surface area (Å²) in [6.07, 6.45) is 1.38. The van der Waals surface area contributed by atoms with Gasteiger partial charge in [0.15, 0.2) is 0 Å². The number of rotatable bonds is 0. The molecule has 0 saturated heterocycles. The summed E-state index contributed by atoms with van der Waals surface area (Å²) in [6.45, 7) is 1.62. The predicted molar refractivity (Wildman–Crippen MR) is 42.7 cm³/mol. The van der Waals surface area contributed by atoms with Crippen LogP contribution in [0.4, 0.5) is 0 Å². The zero-order valence-corrected chi connectivity index (χ0v) is 7.02. The largest absolute Gasteiger partial charge is 0.325 e. The second-order valence-electron chi connectivity index (χ2n) is 1.75. The van der Waals surface area contributed by atoms with Crippen molar-refractivity contribution in [3.63, 3.8) is 0 Å². The normalized spacial score (nSPS) is 8.50. The van der Waals surface area contributed by atoms with Crippen LogP contribution in [0.25, 0.3) is 0 Å². The summed E-state index contributed by atoms with van der Waals surface area (Å²) >= 11 is 0. The van der Waals surface area contributed by atoms with Crippen molar-refractivity contribution < 1.29 is 0 Å². The number of halogens is 1. The molecule has 0 fully saturated rings. The predicted octanol–water partition coefficient (Wildman–Crippen LogP) is -0.0505. The average Bonchev–Trinajstić information content (AvgIpc) is 1.80. The van der Waals surface area contributed by atoms with Gasteiger partial charge in [0.2, 0.25) is 0 Å². The molecule has 56 valence electrons. The van der Waals surface area contributed by atoms with Crippen molar-refractivity contribution in [1.82, 2.24) is 9.97 Å². The van der Waals surface area contributed by atoms with Crippen molar-refractivity contribution in [2.24, 2.45) is 0 Å². The molecule has 0 amide bonds. The Balaban J connectivity index is 0.000000810. The fraction of sp³-hybridized carbons (Fsp3) is 0.200. The molecule has 5 heteroatoms. The van der Waals surface area contributed by atoms with Crippen molar-refractivity contribution in [1.29, 1.82) is 0 Å². The van der Waals surface area contributed by atoms with Gasteiger partial charge in [-0.1, -0.05) is 0 Å². The third kappa shape index (κ3) is 1.84. The smallest absolute Gasteiger partial charge is 0.314 e. The van der Waals surface area contributed by atoms with E-state index in [9.17, 15) is 9.59 Å². The molecule has 1 rings (SSSR count). The minimum absolute atomic E-state index is 0. The van der Waals surface area contributed by atoms with Gasteiger partial charge in [-0.15, -0.1) is 17.0 Å². The number of nitrogens with one attached hydrogen (secondary N) is 2. The van der Waals surface area contributed by atoms with Gasteiger partial charge >= 0.3 is 5.69 Å². The van der Waals surface area contributed by atoms with Crippen LogP contribution in [-0.4, -0.2) is 9.97 Å². The lowest BCUT2D eigenvalue weighted by atomic mass is 10.4. The van der Waals surface area contributed by atoms with E-state index in [1.165, 1.54) is 6.20 Å². The molecule has 0 bridgehead atoms. The second kappa shape index (κ2) is 3.36. The molecule has 0 aliphatic carbocycles. The maximum absolute atomic E-state index is 10.6. The zero-order valence-electron chi connectivity index (χ0n) is 5.30. The molecule has 0 spiro atoms. The average molecular weight is 207 g/mol. The summed E-state index contributed by atoms with van der Waals surface area (Å²) in [4.78, 5) is 25.3. The summed E-state index contributed by atoms with van der Waals surface area (Å²) in [5.74, 6) is 0. The first-order valence-corrected chi connectivity index (χ1v) is 2.49. The van der Waals surface area contributed by atoms with Crippen LogP contribution in [0.1, 0.15) is 5.56 Å². The van der Waals surface area contributed by atoms with Crippen LogP contribution in [0, 0.1) is 6.92 Å². The zero-order chi connectivity index (χ0) is 6.85. The molecular formula is C5H7BrN2O2. The molecule has 0 aliphatic rings. The highest BCUT2D eigenvalue weighted by atomic mass is 79.9.